The predicted molar refractivity (Wildman–Crippen MR) is 102 cm³/mol. The van der Waals surface area contributed by atoms with E-state index in [1.165, 1.54) is 12.1 Å². The summed E-state index contributed by atoms with van der Waals surface area (Å²) >= 11 is 0. The average Bonchev–Trinajstić information content (AvgIpc) is 2.69. The van der Waals surface area contributed by atoms with Gasteiger partial charge in [0.05, 0.1) is 11.4 Å². The van der Waals surface area contributed by atoms with Crippen molar-refractivity contribution >= 4 is 11.8 Å². The van der Waals surface area contributed by atoms with Gasteiger partial charge in [-0.25, -0.2) is 13.8 Å². The van der Waals surface area contributed by atoms with Crippen molar-refractivity contribution in [3.8, 4) is 11.4 Å². The summed E-state index contributed by atoms with van der Waals surface area (Å²) < 4.78 is 26.5. The minimum atomic E-state index is -0.870. The van der Waals surface area contributed by atoms with Gasteiger partial charge in [-0.3, -0.25) is 4.98 Å². The molecular weight excluding hydrogens is 348 g/mol. The molecule has 0 aliphatic heterocycles. The molecule has 2 N–H and O–H groups in total. The number of rotatable bonds is 7. The molecule has 27 heavy (non-hydrogen) atoms. The third kappa shape index (κ3) is 4.97. The highest BCUT2D eigenvalue weighted by molar-refractivity contribution is 5.61. The van der Waals surface area contributed by atoms with Crippen LogP contribution in [-0.2, 0) is 6.54 Å². The van der Waals surface area contributed by atoms with Gasteiger partial charge >= 0.3 is 0 Å². The maximum Gasteiger partial charge on any atom is 0.225 e. The van der Waals surface area contributed by atoms with Gasteiger partial charge in [0.25, 0.3) is 0 Å². The lowest BCUT2D eigenvalue weighted by Crippen LogP contribution is -2.16. The van der Waals surface area contributed by atoms with Gasteiger partial charge in [0.2, 0.25) is 5.95 Å². The molecule has 0 spiro atoms. The zero-order valence-electron chi connectivity index (χ0n) is 15.2. The molecule has 3 rings (SSSR count). The van der Waals surface area contributed by atoms with Gasteiger partial charge in [-0.05, 0) is 43.2 Å². The van der Waals surface area contributed by atoms with E-state index in [4.69, 9.17) is 0 Å². The third-order valence-electron chi connectivity index (χ3n) is 4.10. The SMILES string of the molecule is CC[C@@H](C)Nc1nc(NCc2ccc(F)c(F)c2)cc(-c2ccccn2)n1. The van der Waals surface area contributed by atoms with Crippen molar-refractivity contribution in [3.63, 3.8) is 0 Å². The number of benzene rings is 1. The first-order valence-electron chi connectivity index (χ1n) is 8.80. The third-order valence-corrected chi connectivity index (χ3v) is 4.10. The van der Waals surface area contributed by atoms with Gasteiger partial charge < -0.3 is 10.6 Å². The molecule has 0 bridgehead atoms. The van der Waals surface area contributed by atoms with E-state index >= 15 is 0 Å². The molecule has 2 aromatic heterocycles. The van der Waals surface area contributed by atoms with Crippen LogP contribution in [0.5, 0.6) is 0 Å². The Hall–Kier alpha value is -3.09. The van der Waals surface area contributed by atoms with Crippen LogP contribution < -0.4 is 10.6 Å². The lowest BCUT2D eigenvalue weighted by molar-refractivity contribution is 0.507. The van der Waals surface area contributed by atoms with Crippen LogP contribution in [0.4, 0.5) is 20.5 Å². The smallest absolute Gasteiger partial charge is 0.225 e. The fourth-order valence-corrected chi connectivity index (χ4v) is 2.41. The van der Waals surface area contributed by atoms with Crippen molar-refractivity contribution in [1.29, 1.82) is 0 Å². The fraction of sp³-hybridized carbons (Fsp3) is 0.250. The van der Waals surface area contributed by atoms with E-state index in [0.29, 0.717) is 29.6 Å². The van der Waals surface area contributed by atoms with Crippen LogP contribution in [0, 0.1) is 11.6 Å². The first kappa shape index (κ1) is 18.7. The van der Waals surface area contributed by atoms with Crippen LogP contribution in [0.25, 0.3) is 11.4 Å². The molecule has 7 heteroatoms. The summed E-state index contributed by atoms with van der Waals surface area (Å²) in [6.07, 6.45) is 2.63. The van der Waals surface area contributed by atoms with E-state index in [0.717, 1.165) is 18.2 Å². The normalized spacial score (nSPS) is 11.9. The number of nitrogens with zero attached hydrogens (tertiary/aromatic N) is 3. The van der Waals surface area contributed by atoms with Crippen LogP contribution >= 0.6 is 0 Å². The van der Waals surface area contributed by atoms with Crippen molar-refractivity contribution in [1.82, 2.24) is 15.0 Å². The average molecular weight is 369 g/mol. The van der Waals surface area contributed by atoms with Crippen LogP contribution in [0.2, 0.25) is 0 Å². The summed E-state index contributed by atoms with van der Waals surface area (Å²) in [4.78, 5) is 13.3. The first-order valence-corrected chi connectivity index (χ1v) is 8.80. The quantitative estimate of drug-likeness (QED) is 0.635. The van der Waals surface area contributed by atoms with E-state index < -0.39 is 11.6 Å². The molecule has 1 atom stereocenters. The lowest BCUT2D eigenvalue weighted by atomic mass is 10.2. The van der Waals surface area contributed by atoms with Crippen molar-refractivity contribution in [3.05, 3.63) is 65.9 Å². The van der Waals surface area contributed by atoms with Crippen LogP contribution in [0.3, 0.4) is 0 Å². The van der Waals surface area contributed by atoms with Crippen molar-refractivity contribution in [2.75, 3.05) is 10.6 Å². The minimum absolute atomic E-state index is 0.211. The Balaban J connectivity index is 1.86. The first-order chi connectivity index (χ1) is 13.0. The summed E-state index contributed by atoms with van der Waals surface area (Å²) in [5.74, 6) is -0.676. The highest BCUT2D eigenvalue weighted by Crippen LogP contribution is 2.21. The van der Waals surface area contributed by atoms with Gasteiger partial charge in [-0.2, -0.15) is 4.98 Å². The molecule has 2 heterocycles. The summed E-state index contributed by atoms with van der Waals surface area (Å²) in [5, 5.41) is 6.40. The largest absolute Gasteiger partial charge is 0.366 e. The van der Waals surface area contributed by atoms with Crippen molar-refractivity contribution in [2.45, 2.75) is 32.9 Å². The van der Waals surface area contributed by atoms with Crippen LogP contribution in [-0.4, -0.2) is 21.0 Å². The second-order valence-electron chi connectivity index (χ2n) is 6.23. The van der Waals surface area contributed by atoms with Gasteiger partial charge in [-0.1, -0.05) is 19.1 Å². The van der Waals surface area contributed by atoms with Crippen molar-refractivity contribution in [2.24, 2.45) is 0 Å². The molecule has 0 fully saturated rings. The Kier molecular flexibility index (Phi) is 5.90. The molecular formula is C20H21F2N5. The number of hydrogen-bond acceptors (Lipinski definition) is 5. The van der Waals surface area contributed by atoms with E-state index in [1.807, 2.05) is 25.1 Å². The van der Waals surface area contributed by atoms with Crippen molar-refractivity contribution < 1.29 is 8.78 Å². The maximum atomic E-state index is 13.4. The zero-order chi connectivity index (χ0) is 19.2. The monoisotopic (exact) mass is 369 g/mol. The molecule has 0 aliphatic rings. The molecule has 3 aromatic rings. The Morgan fingerprint density at radius 1 is 1.00 bits per heavy atom. The van der Waals surface area contributed by atoms with Crippen LogP contribution in [0.1, 0.15) is 25.8 Å². The van der Waals surface area contributed by atoms with E-state index in [2.05, 4.69) is 32.5 Å². The molecule has 140 valence electrons. The maximum absolute atomic E-state index is 13.4. The van der Waals surface area contributed by atoms with E-state index in [1.54, 1.807) is 12.3 Å². The minimum Gasteiger partial charge on any atom is -0.366 e. The molecule has 0 saturated heterocycles. The molecule has 0 saturated carbocycles. The Morgan fingerprint density at radius 3 is 2.56 bits per heavy atom. The zero-order valence-corrected chi connectivity index (χ0v) is 15.2. The molecule has 1 aromatic carbocycles. The van der Waals surface area contributed by atoms with E-state index in [9.17, 15) is 8.78 Å². The number of aromatic nitrogens is 3. The molecule has 0 aliphatic carbocycles. The van der Waals surface area contributed by atoms with E-state index in [-0.39, 0.29) is 6.04 Å². The Labute approximate surface area is 156 Å². The number of anilines is 2. The molecule has 5 nitrogen and oxygen atoms in total. The van der Waals surface area contributed by atoms with Gasteiger partial charge in [0.15, 0.2) is 11.6 Å². The van der Waals surface area contributed by atoms with Crippen LogP contribution in [0.15, 0.2) is 48.7 Å². The molecule has 0 unspecified atom stereocenters. The number of nitrogens with one attached hydrogen (secondary N) is 2. The number of hydrogen-bond donors (Lipinski definition) is 2. The standard InChI is InChI=1S/C20H21F2N5/c1-3-13(2)25-20-26-18(17-6-4-5-9-23-17)11-19(27-20)24-12-14-7-8-15(21)16(22)10-14/h4-11,13H,3,12H2,1-2H3,(H2,24,25,26,27)/t13-/m1/s1. The topological polar surface area (TPSA) is 62.7 Å². The van der Waals surface area contributed by atoms with Gasteiger partial charge in [0, 0.05) is 24.8 Å². The van der Waals surface area contributed by atoms with Gasteiger partial charge in [-0.15, -0.1) is 0 Å². The second-order valence-corrected chi connectivity index (χ2v) is 6.23. The fourth-order valence-electron chi connectivity index (χ4n) is 2.41. The van der Waals surface area contributed by atoms with Gasteiger partial charge in [0.1, 0.15) is 5.82 Å². The summed E-state index contributed by atoms with van der Waals surface area (Å²) in [5.41, 5.74) is 2.01. The summed E-state index contributed by atoms with van der Waals surface area (Å²) in [6, 6.07) is 11.4. The Bertz CT molecular complexity index is 902. The molecule has 0 radical (unpaired) electrons. The molecule has 0 amide bonds. The highest BCUT2D eigenvalue weighted by Gasteiger charge is 2.10. The number of pyridine rings is 1. The predicted octanol–water partition coefficient (Wildman–Crippen LogP) is 4.64. The summed E-state index contributed by atoms with van der Waals surface area (Å²) in [6.45, 7) is 4.42. The lowest BCUT2D eigenvalue weighted by Gasteiger charge is -2.14. The number of halogens is 2. The second kappa shape index (κ2) is 8.53. The Morgan fingerprint density at radius 2 is 1.85 bits per heavy atom. The highest BCUT2D eigenvalue weighted by atomic mass is 19.2. The summed E-state index contributed by atoms with van der Waals surface area (Å²) in [7, 11) is 0.